The molecule has 1 heterocycles. The van der Waals surface area contributed by atoms with Crippen molar-refractivity contribution in [2.45, 2.75) is 31.5 Å². The first-order valence-corrected chi connectivity index (χ1v) is 7.03. The molecule has 0 aromatic heterocycles. The lowest BCUT2D eigenvalue weighted by molar-refractivity contribution is -0.185. The normalized spacial score (nSPS) is 20.0. The molecule has 1 aromatic rings. The molecule has 112 valence electrons. The van der Waals surface area contributed by atoms with Crippen molar-refractivity contribution in [1.82, 2.24) is 4.90 Å². The zero-order valence-electron chi connectivity index (χ0n) is 11.4. The molecule has 20 heavy (non-hydrogen) atoms. The molecule has 0 amide bonds. The summed E-state index contributed by atoms with van der Waals surface area (Å²) in [5.41, 5.74) is 7.26. The van der Waals surface area contributed by atoms with Gasteiger partial charge in [-0.15, -0.1) is 0 Å². The highest BCUT2D eigenvalue weighted by atomic mass is 19.4. The lowest BCUT2D eigenvalue weighted by Gasteiger charge is -2.34. The number of piperidine rings is 1. The smallest absolute Gasteiger partial charge is 0.326 e. The molecular weight excluding hydrogens is 265 g/mol. The second-order valence-corrected chi connectivity index (χ2v) is 5.57. The topological polar surface area (TPSA) is 29.3 Å². The van der Waals surface area contributed by atoms with Crippen LogP contribution in [-0.4, -0.2) is 36.8 Å². The maximum atomic E-state index is 12.6. The molecule has 1 aliphatic heterocycles. The van der Waals surface area contributed by atoms with Crippen LogP contribution in [0.3, 0.4) is 0 Å². The van der Waals surface area contributed by atoms with Crippen molar-refractivity contribution in [2.75, 3.05) is 19.6 Å². The first-order chi connectivity index (χ1) is 9.45. The van der Waals surface area contributed by atoms with Crippen molar-refractivity contribution in [3.05, 3.63) is 35.9 Å². The number of hydrogen-bond donors (Lipinski definition) is 1. The summed E-state index contributed by atoms with van der Waals surface area (Å²) in [4.78, 5) is 2.05. The minimum Gasteiger partial charge on any atom is -0.326 e. The molecule has 2 N–H and O–H groups in total. The number of rotatable bonds is 4. The van der Waals surface area contributed by atoms with Gasteiger partial charge in [0.15, 0.2) is 0 Å². The van der Waals surface area contributed by atoms with Crippen LogP contribution in [0.5, 0.6) is 0 Å². The molecule has 5 heteroatoms. The monoisotopic (exact) mass is 286 g/mol. The molecule has 1 atom stereocenters. The molecule has 1 fully saturated rings. The zero-order valence-corrected chi connectivity index (χ0v) is 11.4. The Hall–Kier alpha value is -1.07. The molecule has 1 unspecified atom stereocenters. The van der Waals surface area contributed by atoms with Crippen molar-refractivity contribution < 1.29 is 13.2 Å². The van der Waals surface area contributed by atoms with Crippen LogP contribution >= 0.6 is 0 Å². The Labute approximate surface area is 117 Å². The van der Waals surface area contributed by atoms with Gasteiger partial charge in [-0.05, 0) is 37.9 Å². The van der Waals surface area contributed by atoms with Crippen LogP contribution in [0.4, 0.5) is 13.2 Å². The zero-order chi connectivity index (χ0) is 14.6. The third-order valence-corrected chi connectivity index (χ3v) is 3.88. The molecule has 2 rings (SSSR count). The highest BCUT2D eigenvalue weighted by Gasteiger charge is 2.41. The predicted octanol–water partition coefficient (Wildman–Crippen LogP) is 2.83. The Morgan fingerprint density at radius 2 is 1.75 bits per heavy atom. The lowest BCUT2D eigenvalue weighted by Crippen LogP contribution is -2.45. The van der Waals surface area contributed by atoms with E-state index in [1.165, 1.54) is 5.56 Å². The number of alkyl halides is 3. The summed E-state index contributed by atoms with van der Waals surface area (Å²) in [6.45, 7) is 1.65. The number of halogens is 3. The fourth-order valence-corrected chi connectivity index (χ4v) is 2.76. The maximum Gasteiger partial charge on any atom is 0.391 e. The van der Waals surface area contributed by atoms with Gasteiger partial charge < -0.3 is 10.6 Å². The largest absolute Gasteiger partial charge is 0.391 e. The summed E-state index contributed by atoms with van der Waals surface area (Å²) in [6, 6.07) is 9.91. The van der Waals surface area contributed by atoms with Crippen molar-refractivity contribution in [3.8, 4) is 0 Å². The number of hydrogen-bond acceptors (Lipinski definition) is 2. The third kappa shape index (κ3) is 4.49. The molecule has 0 spiro atoms. The Morgan fingerprint density at radius 3 is 2.30 bits per heavy atom. The van der Waals surface area contributed by atoms with Crippen LogP contribution in [-0.2, 0) is 6.42 Å². The van der Waals surface area contributed by atoms with Crippen LogP contribution in [0, 0.1) is 5.92 Å². The van der Waals surface area contributed by atoms with E-state index in [4.69, 9.17) is 5.73 Å². The molecule has 0 radical (unpaired) electrons. The fraction of sp³-hybridized carbons (Fsp3) is 0.600. The number of nitrogens with two attached hydrogens (primary N) is 1. The summed E-state index contributed by atoms with van der Waals surface area (Å²) in [6.07, 6.45) is -2.89. The third-order valence-electron chi connectivity index (χ3n) is 3.88. The van der Waals surface area contributed by atoms with Gasteiger partial charge in [0, 0.05) is 12.6 Å². The molecule has 2 nitrogen and oxygen atoms in total. The van der Waals surface area contributed by atoms with Gasteiger partial charge >= 0.3 is 6.18 Å². The molecule has 0 saturated carbocycles. The molecule has 1 aromatic carbocycles. The molecule has 0 bridgehead atoms. The van der Waals surface area contributed by atoms with Gasteiger partial charge in [-0.3, -0.25) is 0 Å². The minimum absolute atomic E-state index is 0.0279. The second-order valence-electron chi connectivity index (χ2n) is 5.57. The van der Waals surface area contributed by atoms with Crippen LogP contribution in [0.25, 0.3) is 0 Å². The lowest BCUT2D eigenvalue weighted by atomic mass is 9.95. The van der Waals surface area contributed by atoms with Crippen molar-refractivity contribution in [3.63, 3.8) is 0 Å². The average molecular weight is 286 g/mol. The van der Waals surface area contributed by atoms with E-state index in [9.17, 15) is 13.2 Å². The highest BCUT2D eigenvalue weighted by Crippen LogP contribution is 2.34. The number of nitrogens with zero attached hydrogens (tertiary/aromatic N) is 1. The molecule has 0 aliphatic carbocycles. The Bertz CT molecular complexity index is 397. The quantitative estimate of drug-likeness (QED) is 0.922. The van der Waals surface area contributed by atoms with E-state index in [1.807, 2.05) is 30.3 Å². The SMILES string of the molecule is NC(Cc1ccccc1)CN1CCC(C(F)(F)F)CC1. The predicted molar refractivity (Wildman–Crippen MR) is 73.3 cm³/mol. The van der Waals surface area contributed by atoms with Crippen LogP contribution < -0.4 is 5.73 Å². The van der Waals surface area contributed by atoms with Crippen LogP contribution in [0.15, 0.2) is 30.3 Å². The van der Waals surface area contributed by atoms with E-state index in [-0.39, 0.29) is 18.9 Å². The van der Waals surface area contributed by atoms with Gasteiger partial charge in [-0.2, -0.15) is 13.2 Å². The summed E-state index contributed by atoms with van der Waals surface area (Å²) in [5.74, 6) is -1.14. The van der Waals surface area contributed by atoms with Gasteiger partial charge in [-0.1, -0.05) is 30.3 Å². The molecule has 1 aliphatic rings. The first kappa shape index (κ1) is 15.3. The van der Waals surface area contributed by atoms with Crippen LogP contribution in [0.2, 0.25) is 0 Å². The van der Waals surface area contributed by atoms with E-state index in [0.717, 1.165) is 6.42 Å². The van der Waals surface area contributed by atoms with E-state index < -0.39 is 12.1 Å². The van der Waals surface area contributed by atoms with E-state index in [2.05, 4.69) is 4.90 Å². The minimum atomic E-state index is -4.04. The van der Waals surface area contributed by atoms with Crippen molar-refractivity contribution >= 4 is 0 Å². The Balaban J connectivity index is 1.75. The second kappa shape index (κ2) is 6.59. The maximum absolute atomic E-state index is 12.6. The van der Waals surface area contributed by atoms with Crippen LogP contribution in [0.1, 0.15) is 18.4 Å². The van der Waals surface area contributed by atoms with Gasteiger partial charge in [0.1, 0.15) is 0 Å². The van der Waals surface area contributed by atoms with Gasteiger partial charge in [0.05, 0.1) is 5.92 Å². The standard InChI is InChI=1S/C15H21F3N2/c16-15(17,18)13-6-8-20(9-7-13)11-14(19)10-12-4-2-1-3-5-12/h1-5,13-14H,6-11,19H2. The van der Waals surface area contributed by atoms with E-state index in [0.29, 0.717) is 19.6 Å². The highest BCUT2D eigenvalue weighted by molar-refractivity contribution is 5.15. The van der Waals surface area contributed by atoms with Gasteiger partial charge in [0.2, 0.25) is 0 Å². The van der Waals surface area contributed by atoms with E-state index >= 15 is 0 Å². The van der Waals surface area contributed by atoms with E-state index in [1.54, 1.807) is 0 Å². The van der Waals surface area contributed by atoms with Gasteiger partial charge in [-0.25, -0.2) is 0 Å². The van der Waals surface area contributed by atoms with Crippen molar-refractivity contribution in [2.24, 2.45) is 11.7 Å². The summed E-state index contributed by atoms with van der Waals surface area (Å²) in [5, 5.41) is 0. The first-order valence-electron chi connectivity index (χ1n) is 7.03. The summed E-state index contributed by atoms with van der Waals surface area (Å²) >= 11 is 0. The Kier molecular flexibility index (Phi) is 5.05. The number of benzene rings is 1. The molecule has 1 saturated heterocycles. The summed E-state index contributed by atoms with van der Waals surface area (Å²) in [7, 11) is 0. The Morgan fingerprint density at radius 1 is 1.15 bits per heavy atom. The molecular formula is C15H21F3N2. The summed E-state index contributed by atoms with van der Waals surface area (Å²) < 4.78 is 37.7. The van der Waals surface area contributed by atoms with Crippen molar-refractivity contribution in [1.29, 1.82) is 0 Å². The average Bonchev–Trinajstić information content (AvgIpc) is 2.39. The fourth-order valence-electron chi connectivity index (χ4n) is 2.76. The number of likely N-dealkylation sites (tertiary alicyclic amines) is 1. The van der Waals surface area contributed by atoms with Gasteiger partial charge in [0.25, 0.3) is 0 Å².